The summed E-state index contributed by atoms with van der Waals surface area (Å²) in [4.78, 5) is 14.7. The standard InChI is InChI=1S/C20H29NO3/c1-3-16-6-5-7-17(4-2)19(16)24-18(22)14-21-11-8-20(15-21)9-12-23-13-10-20/h5-7H,3-4,8-15H2,1-2H3. The topological polar surface area (TPSA) is 38.8 Å². The molecule has 2 aliphatic rings. The van der Waals surface area contributed by atoms with E-state index in [0.29, 0.717) is 12.0 Å². The molecular weight excluding hydrogens is 302 g/mol. The van der Waals surface area contributed by atoms with Gasteiger partial charge in [0, 0.05) is 19.8 Å². The molecule has 2 aliphatic heterocycles. The van der Waals surface area contributed by atoms with Crippen LogP contribution >= 0.6 is 0 Å². The zero-order valence-electron chi connectivity index (χ0n) is 15.0. The lowest BCUT2D eigenvalue weighted by Gasteiger charge is -2.33. The van der Waals surface area contributed by atoms with Gasteiger partial charge in [-0.05, 0) is 55.2 Å². The van der Waals surface area contributed by atoms with Gasteiger partial charge in [-0.15, -0.1) is 0 Å². The van der Waals surface area contributed by atoms with Gasteiger partial charge >= 0.3 is 5.97 Å². The van der Waals surface area contributed by atoms with Gasteiger partial charge in [-0.25, -0.2) is 0 Å². The molecule has 2 heterocycles. The minimum absolute atomic E-state index is 0.130. The highest BCUT2D eigenvalue weighted by atomic mass is 16.5. The van der Waals surface area contributed by atoms with Crippen molar-refractivity contribution in [2.75, 3.05) is 32.8 Å². The summed E-state index contributed by atoms with van der Waals surface area (Å²) in [5.41, 5.74) is 2.60. The summed E-state index contributed by atoms with van der Waals surface area (Å²) in [6.45, 7) is 8.31. The average Bonchev–Trinajstić information content (AvgIpc) is 2.97. The van der Waals surface area contributed by atoms with E-state index in [1.54, 1.807) is 0 Å². The third-order valence-electron chi connectivity index (χ3n) is 5.58. The maximum absolute atomic E-state index is 12.5. The van der Waals surface area contributed by atoms with Crippen LogP contribution in [0.2, 0.25) is 0 Å². The van der Waals surface area contributed by atoms with E-state index in [1.807, 2.05) is 6.07 Å². The number of carbonyl (C=O) groups excluding carboxylic acids is 1. The lowest BCUT2D eigenvalue weighted by molar-refractivity contribution is -0.135. The normalized spacial score (nSPS) is 20.4. The molecule has 24 heavy (non-hydrogen) atoms. The number of aryl methyl sites for hydroxylation is 2. The summed E-state index contributed by atoms with van der Waals surface area (Å²) in [5.74, 6) is 0.655. The summed E-state index contributed by atoms with van der Waals surface area (Å²) in [7, 11) is 0. The van der Waals surface area contributed by atoms with Crippen molar-refractivity contribution < 1.29 is 14.3 Å². The van der Waals surface area contributed by atoms with Gasteiger partial charge in [-0.3, -0.25) is 9.69 Å². The molecule has 4 nitrogen and oxygen atoms in total. The molecule has 0 aromatic heterocycles. The monoisotopic (exact) mass is 331 g/mol. The average molecular weight is 331 g/mol. The van der Waals surface area contributed by atoms with Gasteiger partial charge in [0.2, 0.25) is 0 Å². The maximum Gasteiger partial charge on any atom is 0.325 e. The predicted molar refractivity (Wildman–Crippen MR) is 94.4 cm³/mol. The first kappa shape index (κ1) is 17.4. The van der Waals surface area contributed by atoms with Crippen molar-refractivity contribution in [2.24, 2.45) is 5.41 Å². The zero-order chi connectivity index (χ0) is 17.0. The molecule has 2 saturated heterocycles. The van der Waals surface area contributed by atoms with E-state index < -0.39 is 0 Å². The number of esters is 1. The van der Waals surface area contributed by atoms with Crippen LogP contribution in [-0.4, -0.2) is 43.7 Å². The maximum atomic E-state index is 12.5. The lowest BCUT2D eigenvalue weighted by Crippen LogP contribution is -2.36. The quantitative estimate of drug-likeness (QED) is 0.613. The highest BCUT2D eigenvalue weighted by Crippen LogP contribution is 2.39. The van der Waals surface area contributed by atoms with Crippen molar-refractivity contribution >= 4 is 5.97 Å². The first-order valence-corrected chi connectivity index (χ1v) is 9.27. The fourth-order valence-electron chi connectivity index (χ4n) is 4.03. The molecule has 4 heteroatoms. The van der Waals surface area contributed by atoms with Crippen LogP contribution in [0.15, 0.2) is 18.2 Å². The minimum atomic E-state index is -0.130. The van der Waals surface area contributed by atoms with Crippen LogP contribution in [0.25, 0.3) is 0 Å². The summed E-state index contributed by atoms with van der Waals surface area (Å²) < 4.78 is 11.3. The van der Waals surface area contributed by atoms with Gasteiger partial charge in [0.1, 0.15) is 5.75 Å². The predicted octanol–water partition coefficient (Wildman–Crippen LogP) is 3.22. The summed E-state index contributed by atoms with van der Waals surface area (Å²) >= 11 is 0. The fraction of sp³-hybridized carbons (Fsp3) is 0.650. The number of hydrogen-bond acceptors (Lipinski definition) is 4. The van der Waals surface area contributed by atoms with E-state index in [4.69, 9.17) is 9.47 Å². The Kier molecular flexibility index (Phi) is 5.57. The Hall–Kier alpha value is -1.39. The number of likely N-dealkylation sites (tertiary alicyclic amines) is 1. The van der Waals surface area contributed by atoms with Crippen LogP contribution in [-0.2, 0) is 22.4 Å². The molecule has 1 aromatic carbocycles. The highest BCUT2D eigenvalue weighted by molar-refractivity contribution is 5.75. The second kappa shape index (κ2) is 7.66. The first-order chi connectivity index (χ1) is 11.7. The van der Waals surface area contributed by atoms with Crippen LogP contribution < -0.4 is 4.74 Å². The highest BCUT2D eigenvalue weighted by Gasteiger charge is 2.39. The number of ether oxygens (including phenoxy) is 2. The summed E-state index contributed by atoms with van der Waals surface area (Å²) in [6.07, 6.45) is 5.18. The third-order valence-corrected chi connectivity index (χ3v) is 5.58. The SMILES string of the molecule is CCc1cccc(CC)c1OC(=O)CN1CCC2(CCOCC2)C1. The minimum Gasteiger partial charge on any atom is -0.425 e. The molecule has 132 valence electrons. The van der Waals surface area contributed by atoms with Crippen LogP contribution in [0, 0.1) is 5.41 Å². The lowest BCUT2D eigenvalue weighted by atomic mass is 9.80. The Morgan fingerprint density at radius 2 is 1.83 bits per heavy atom. The van der Waals surface area contributed by atoms with Crippen molar-refractivity contribution in [2.45, 2.75) is 46.0 Å². The molecule has 1 aromatic rings. The van der Waals surface area contributed by atoms with Crippen molar-refractivity contribution in [3.63, 3.8) is 0 Å². The molecule has 0 aliphatic carbocycles. The van der Waals surface area contributed by atoms with Gasteiger partial charge < -0.3 is 9.47 Å². The van der Waals surface area contributed by atoms with Crippen LogP contribution in [0.1, 0.15) is 44.2 Å². The van der Waals surface area contributed by atoms with E-state index in [2.05, 4.69) is 30.9 Å². The van der Waals surface area contributed by atoms with E-state index in [0.717, 1.165) is 68.9 Å². The Balaban J connectivity index is 1.61. The molecule has 0 atom stereocenters. The van der Waals surface area contributed by atoms with Crippen molar-refractivity contribution in [1.29, 1.82) is 0 Å². The van der Waals surface area contributed by atoms with Gasteiger partial charge in [0.15, 0.2) is 0 Å². The molecule has 0 saturated carbocycles. The number of carbonyl (C=O) groups is 1. The molecule has 0 bridgehead atoms. The Morgan fingerprint density at radius 1 is 1.17 bits per heavy atom. The molecule has 0 unspecified atom stereocenters. The molecule has 0 radical (unpaired) electrons. The smallest absolute Gasteiger partial charge is 0.325 e. The molecule has 0 amide bonds. The van der Waals surface area contributed by atoms with Crippen molar-refractivity contribution in [3.8, 4) is 5.75 Å². The number of para-hydroxylation sites is 1. The van der Waals surface area contributed by atoms with Gasteiger partial charge in [-0.2, -0.15) is 0 Å². The van der Waals surface area contributed by atoms with Crippen molar-refractivity contribution in [3.05, 3.63) is 29.3 Å². The van der Waals surface area contributed by atoms with Gasteiger partial charge in [0.25, 0.3) is 0 Å². The Morgan fingerprint density at radius 3 is 2.46 bits per heavy atom. The largest absolute Gasteiger partial charge is 0.425 e. The fourth-order valence-corrected chi connectivity index (χ4v) is 4.03. The van der Waals surface area contributed by atoms with Crippen LogP contribution in [0.4, 0.5) is 0 Å². The van der Waals surface area contributed by atoms with Gasteiger partial charge in [0.05, 0.1) is 6.54 Å². The third kappa shape index (κ3) is 3.81. The molecule has 0 N–H and O–H groups in total. The van der Waals surface area contributed by atoms with Crippen molar-refractivity contribution in [1.82, 2.24) is 4.90 Å². The zero-order valence-corrected chi connectivity index (χ0v) is 15.0. The van der Waals surface area contributed by atoms with E-state index in [9.17, 15) is 4.79 Å². The molecule has 2 fully saturated rings. The number of hydrogen-bond donors (Lipinski definition) is 0. The second-order valence-electron chi connectivity index (χ2n) is 7.16. The molecule has 3 rings (SSSR count). The second-order valence-corrected chi connectivity index (χ2v) is 7.16. The van der Waals surface area contributed by atoms with E-state index in [1.165, 1.54) is 6.42 Å². The first-order valence-electron chi connectivity index (χ1n) is 9.27. The number of nitrogens with zero attached hydrogens (tertiary/aromatic N) is 1. The number of rotatable bonds is 5. The van der Waals surface area contributed by atoms with E-state index >= 15 is 0 Å². The van der Waals surface area contributed by atoms with Crippen LogP contribution in [0.5, 0.6) is 5.75 Å². The van der Waals surface area contributed by atoms with Crippen LogP contribution in [0.3, 0.4) is 0 Å². The Labute approximate surface area is 145 Å². The number of benzene rings is 1. The summed E-state index contributed by atoms with van der Waals surface area (Å²) in [5, 5.41) is 0. The van der Waals surface area contributed by atoms with Gasteiger partial charge in [-0.1, -0.05) is 32.0 Å². The van der Waals surface area contributed by atoms with E-state index in [-0.39, 0.29) is 5.97 Å². The summed E-state index contributed by atoms with van der Waals surface area (Å²) in [6, 6.07) is 6.15. The molecular formula is C20H29NO3. The molecule has 1 spiro atoms. The Bertz CT molecular complexity index is 556.